The van der Waals surface area contributed by atoms with Crippen LogP contribution in [0.2, 0.25) is 0 Å². The van der Waals surface area contributed by atoms with Crippen LogP contribution < -0.4 is 0 Å². The van der Waals surface area contributed by atoms with Gasteiger partial charge in [-0.25, -0.2) is 4.79 Å². The molecule has 0 aliphatic heterocycles. The minimum atomic E-state index is -0.303. The van der Waals surface area contributed by atoms with Crippen molar-refractivity contribution in [2.24, 2.45) is 0 Å². The molecule has 0 heterocycles. The van der Waals surface area contributed by atoms with Crippen LogP contribution in [0.4, 0.5) is 0 Å². The first-order valence-corrected chi connectivity index (χ1v) is 5.72. The van der Waals surface area contributed by atoms with Gasteiger partial charge in [0.25, 0.3) is 0 Å². The molecule has 0 spiro atoms. The van der Waals surface area contributed by atoms with E-state index in [-0.39, 0.29) is 18.0 Å². The molecule has 1 rings (SSSR count). The zero-order valence-corrected chi connectivity index (χ0v) is 10.9. The molecule has 1 aromatic rings. The Morgan fingerprint density at radius 2 is 1.71 bits per heavy atom. The van der Waals surface area contributed by atoms with Gasteiger partial charge in [0.2, 0.25) is 0 Å². The highest BCUT2D eigenvalue weighted by molar-refractivity contribution is 5.89. The maximum atomic E-state index is 11.6. The molecule has 0 fully saturated rings. The van der Waals surface area contributed by atoms with Crippen molar-refractivity contribution in [2.45, 2.75) is 26.2 Å². The molecule has 0 amide bonds. The smallest absolute Gasteiger partial charge is 0.338 e. The Kier molecular flexibility index (Phi) is 4.70. The monoisotopic (exact) mass is 236 g/mol. The summed E-state index contributed by atoms with van der Waals surface area (Å²) in [6.45, 7) is 7.12. The van der Waals surface area contributed by atoms with E-state index in [4.69, 9.17) is 9.47 Å². The van der Waals surface area contributed by atoms with Crippen LogP contribution in [0.15, 0.2) is 24.3 Å². The van der Waals surface area contributed by atoms with Gasteiger partial charge in [0.05, 0.1) is 12.2 Å². The summed E-state index contributed by atoms with van der Waals surface area (Å²) >= 11 is 0. The fraction of sp³-hybridized carbons (Fsp3) is 0.500. The SMILES string of the molecule is COCCOC(=O)c1ccc(C(C)(C)C)cc1. The van der Waals surface area contributed by atoms with Crippen molar-refractivity contribution < 1.29 is 14.3 Å². The third kappa shape index (κ3) is 4.19. The van der Waals surface area contributed by atoms with Gasteiger partial charge in [-0.2, -0.15) is 0 Å². The van der Waals surface area contributed by atoms with E-state index in [1.165, 1.54) is 5.56 Å². The highest BCUT2D eigenvalue weighted by atomic mass is 16.6. The van der Waals surface area contributed by atoms with E-state index < -0.39 is 0 Å². The third-order valence-corrected chi connectivity index (χ3v) is 2.51. The Hall–Kier alpha value is -1.35. The molecule has 0 radical (unpaired) electrons. The van der Waals surface area contributed by atoms with Crippen molar-refractivity contribution in [1.29, 1.82) is 0 Å². The van der Waals surface area contributed by atoms with Crippen LogP contribution in [0, 0.1) is 0 Å². The molecular formula is C14H20O3. The Labute approximate surface area is 103 Å². The van der Waals surface area contributed by atoms with E-state index >= 15 is 0 Å². The lowest BCUT2D eigenvalue weighted by Gasteiger charge is -2.18. The number of ether oxygens (including phenoxy) is 2. The summed E-state index contributed by atoms with van der Waals surface area (Å²) in [6.07, 6.45) is 0. The van der Waals surface area contributed by atoms with Gasteiger partial charge in [-0.1, -0.05) is 32.9 Å². The maximum absolute atomic E-state index is 11.6. The summed E-state index contributed by atoms with van der Waals surface area (Å²) < 4.78 is 9.84. The molecule has 0 aromatic heterocycles. The summed E-state index contributed by atoms with van der Waals surface area (Å²) in [4.78, 5) is 11.6. The molecule has 1 aromatic carbocycles. The molecule has 94 valence electrons. The standard InChI is InChI=1S/C14H20O3/c1-14(2,3)12-7-5-11(6-8-12)13(15)17-10-9-16-4/h5-8H,9-10H2,1-4H3. The van der Waals surface area contributed by atoms with Crippen molar-refractivity contribution in [3.8, 4) is 0 Å². The minimum Gasteiger partial charge on any atom is -0.460 e. The van der Waals surface area contributed by atoms with Crippen LogP contribution in [0.3, 0.4) is 0 Å². The minimum absolute atomic E-state index is 0.0957. The molecule has 17 heavy (non-hydrogen) atoms. The third-order valence-electron chi connectivity index (χ3n) is 2.51. The van der Waals surface area contributed by atoms with Crippen LogP contribution in [0.5, 0.6) is 0 Å². The lowest BCUT2D eigenvalue weighted by Crippen LogP contribution is -2.13. The largest absolute Gasteiger partial charge is 0.460 e. The molecule has 0 bridgehead atoms. The van der Waals surface area contributed by atoms with Gasteiger partial charge in [-0.15, -0.1) is 0 Å². The van der Waals surface area contributed by atoms with E-state index in [1.807, 2.05) is 12.1 Å². The van der Waals surface area contributed by atoms with Gasteiger partial charge in [-0.05, 0) is 23.1 Å². The number of carbonyl (C=O) groups excluding carboxylic acids is 1. The summed E-state index contributed by atoms with van der Waals surface area (Å²) in [5.41, 5.74) is 1.87. The van der Waals surface area contributed by atoms with Crippen LogP contribution in [0.25, 0.3) is 0 Å². The number of hydrogen-bond acceptors (Lipinski definition) is 3. The highest BCUT2D eigenvalue weighted by Crippen LogP contribution is 2.22. The van der Waals surface area contributed by atoms with Gasteiger partial charge in [0.1, 0.15) is 6.61 Å². The Balaban J connectivity index is 2.64. The predicted octanol–water partition coefficient (Wildman–Crippen LogP) is 2.79. The van der Waals surface area contributed by atoms with E-state index in [0.29, 0.717) is 12.2 Å². The second kappa shape index (κ2) is 5.82. The highest BCUT2D eigenvalue weighted by Gasteiger charge is 2.14. The van der Waals surface area contributed by atoms with Gasteiger partial charge in [0.15, 0.2) is 0 Å². The molecule has 0 N–H and O–H groups in total. The van der Waals surface area contributed by atoms with Crippen molar-refractivity contribution >= 4 is 5.97 Å². The van der Waals surface area contributed by atoms with Crippen molar-refractivity contribution in [3.05, 3.63) is 35.4 Å². The number of hydrogen-bond donors (Lipinski definition) is 0. The number of methoxy groups -OCH3 is 1. The topological polar surface area (TPSA) is 35.5 Å². The van der Waals surface area contributed by atoms with Crippen LogP contribution in [-0.2, 0) is 14.9 Å². The molecule has 0 unspecified atom stereocenters. The van der Waals surface area contributed by atoms with Crippen molar-refractivity contribution in [1.82, 2.24) is 0 Å². The molecule has 0 aliphatic rings. The fourth-order valence-electron chi connectivity index (χ4n) is 1.41. The zero-order valence-electron chi connectivity index (χ0n) is 10.9. The fourth-order valence-corrected chi connectivity index (χ4v) is 1.41. The quantitative estimate of drug-likeness (QED) is 0.595. The number of rotatable bonds is 4. The summed E-state index contributed by atoms with van der Waals surface area (Å²) in [6, 6.07) is 7.53. The summed E-state index contributed by atoms with van der Waals surface area (Å²) in [5, 5.41) is 0. The first kappa shape index (κ1) is 13.7. The van der Waals surface area contributed by atoms with Crippen LogP contribution in [-0.4, -0.2) is 26.3 Å². The Morgan fingerprint density at radius 1 is 1.12 bits per heavy atom. The number of benzene rings is 1. The van der Waals surface area contributed by atoms with Gasteiger partial charge in [-0.3, -0.25) is 0 Å². The van der Waals surface area contributed by atoms with Gasteiger partial charge < -0.3 is 9.47 Å². The number of esters is 1. The molecule has 0 saturated heterocycles. The van der Waals surface area contributed by atoms with Gasteiger partial charge in [0, 0.05) is 7.11 Å². The predicted molar refractivity (Wildman–Crippen MR) is 67.3 cm³/mol. The van der Waals surface area contributed by atoms with Gasteiger partial charge >= 0.3 is 5.97 Å². The number of carbonyl (C=O) groups is 1. The van der Waals surface area contributed by atoms with E-state index in [9.17, 15) is 4.79 Å². The molecule has 3 heteroatoms. The first-order chi connectivity index (χ1) is 7.95. The maximum Gasteiger partial charge on any atom is 0.338 e. The lowest BCUT2D eigenvalue weighted by atomic mass is 9.87. The molecule has 3 nitrogen and oxygen atoms in total. The van der Waals surface area contributed by atoms with E-state index in [2.05, 4.69) is 20.8 Å². The molecule has 0 saturated carbocycles. The molecule has 0 atom stereocenters. The zero-order chi connectivity index (χ0) is 12.9. The second-order valence-electron chi connectivity index (χ2n) is 4.96. The van der Waals surface area contributed by atoms with Crippen molar-refractivity contribution in [2.75, 3.05) is 20.3 Å². The van der Waals surface area contributed by atoms with Crippen LogP contribution in [0.1, 0.15) is 36.7 Å². The Morgan fingerprint density at radius 3 is 2.18 bits per heavy atom. The van der Waals surface area contributed by atoms with E-state index in [0.717, 1.165) is 0 Å². The second-order valence-corrected chi connectivity index (χ2v) is 4.96. The van der Waals surface area contributed by atoms with Crippen LogP contribution >= 0.6 is 0 Å². The van der Waals surface area contributed by atoms with Crippen molar-refractivity contribution in [3.63, 3.8) is 0 Å². The summed E-state index contributed by atoms with van der Waals surface area (Å²) in [7, 11) is 1.58. The lowest BCUT2D eigenvalue weighted by molar-refractivity contribution is 0.0388. The first-order valence-electron chi connectivity index (χ1n) is 5.72. The molecule has 0 aliphatic carbocycles. The average molecular weight is 236 g/mol. The summed E-state index contributed by atoms with van der Waals surface area (Å²) in [5.74, 6) is -0.303. The Bertz CT molecular complexity index is 360. The molecular weight excluding hydrogens is 216 g/mol. The van der Waals surface area contributed by atoms with E-state index in [1.54, 1.807) is 19.2 Å². The average Bonchev–Trinajstić information content (AvgIpc) is 2.28. The normalized spacial score (nSPS) is 11.3.